The Kier molecular flexibility index (Phi) is 7.62. The minimum Gasteiger partial charge on any atom is -0.478 e. The van der Waals surface area contributed by atoms with Crippen molar-refractivity contribution in [2.75, 3.05) is 5.32 Å². The number of carboxylic acids is 1. The van der Waals surface area contributed by atoms with Crippen LogP contribution in [0.25, 0.3) is 0 Å². The average Bonchev–Trinajstić information content (AvgIpc) is 2.47. The summed E-state index contributed by atoms with van der Waals surface area (Å²) in [6.07, 6.45) is 0. The van der Waals surface area contributed by atoms with Gasteiger partial charge in [-0.1, -0.05) is 0 Å². The van der Waals surface area contributed by atoms with E-state index in [1.54, 1.807) is 12.1 Å². The molecule has 2 rings (SSSR count). The number of anilines is 1. The van der Waals surface area contributed by atoms with Crippen molar-refractivity contribution in [2.45, 2.75) is 0 Å². The first-order valence-corrected chi connectivity index (χ1v) is 11.3. The Morgan fingerprint density at radius 2 is 1.22 bits per heavy atom. The van der Waals surface area contributed by atoms with E-state index in [0.717, 1.165) is 10.7 Å². The van der Waals surface area contributed by atoms with Crippen LogP contribution in [0.1, 0.15) is 20.7 Å². The molecule has 1 amide bonds. The Morgan fingerprint density at radius 1 is 0.783 bits per heavy atom. The number of halogens is 5. The quantitative estimate of drug-likeness (QED) is 0.310. The van der Waals surface area contributed by atoms with E-state index in [2.05, 4.69) is 73.1 Å². The molecule has 4 nitrogen and oxygen atoms in total. The zero-order chi connectivity index (χ0) is 17.3. The van der Waals surface area contributed by atoms with Crippen LogP contribution in [0.5, 0.6) is 0 Å². The maximum absolute atomic E-state index is 12.5. The molecule has 0 fully saturated rings. The molecule has 0 atom stereocenters. The van der Waals surface area contributed by atoms with Gasteiger partial charge < -0.3 is 10.4 Å². The van der Waals surface area contributed by atoms with Gasteiger partial charge in [0.05, 0.1) is 11.3 Å². The number of hydrogen-bond donors (Lipinski definition) is 2. The Balaban J connectivity index is 2.36. The zero-order valence-corrected chi connectivity index (χ0v) is 21.8. The number of carboxylic acid groups (broad SMARTS) is 1. The minimum absolute atomic E-state index is 0.204. The average molecular weight is 871 g/mol. The van der Waals surface area contributed by atoms with Crippen LogP contribution in [0.2, 0.25) is 0 Å². The predicted octanol–water partition coefficient (Wildman–Crippen LogP) is 5.66. The van der Waals surface area contributed by atoms with Crippen LogP contribution in [-0.4, -0.2) is 17.0 Å². The van der Waals surface area contributed by atoms with E-state index in [1.165, 1.54) is 0 Å². The van der Waals surface area contributed by atoms with Crippen molar-refractivity contribution < 1.29 is 14.7 Å². The van der Waals surface area contributed by atoms with Gasteiger partial charge in [-0.3, -0.25) is 4.79 Å². The summed E-state index contributed by atoms with van der Waals surface area (Å²) in [5.41, 5.74) is 1.41. The van der Waals surface area contributed by atoms with Crippen molar-refractivity contribution in [3.05, 3.63) is 53.2 Å². The highest BCUT2D eigenvalue weighted by atomic mass is 127. The molecule has 0 aromatic heterocycles. The lowest BCUT2D eigenvalue weighted by atomic mass is 10.2. The van der Waals surface area contributed by atoms with Crippen molar-refractivity contribution >= 4 is 131 Å². The third kappa shape index (κ3) is 5.02. The molecule has 0 radical (unpaired) electrons. The second-order valence-electron chi connectivity index (χ2n) is 4.33. The first kappa shape index (κ1) is 20.3. The summed E-state index contributed by atoms with van der Waals surface area (Å²) in [6.45, 7) is 0. The number of hydrogen-bond acceptors (Lipinski definition) is 2. The molecule has 2 aromatic rings. The summed E-state index contributed by atoms with van der Waals surface area (Å²) in [6, 6.07) is 6.76. The maximum Gasteiger partial charge on any atom is 0.335 e. The molecule has 0 unspecified atom stereocenters. The molecule has 0 saturated heterocycles. The lowest BCUT2D eigenvalue weighted by Crippen LogP contribution is -2.15. The first-order chi connectivity index (χ1) is 10.7. The van der Waals surface area contributed by atoms with Gasteiger partial charge in [0.2, 0.25) is 0 Å². The Hall–Kier alpha value is 1.03. The highest BCUT2D eigenvalue weighted by Gasteiger charge is 2.16. The van der Waals surface area contributed by atoms with Crippen LogP contribution in [0.15, 0.2) is 24.3 Å². The molecule has 0 aliphatic carbocycles. The highest BCUT2D eigenvalue weighted by Crippen LogP contribution is 2.28. The van der Waals surface area contributed by atoms with E-state index in [1.807, 2.05) is 57.3 Å². The smallest absolute Gasteiger partial charge is 0.335 e. The molecule has 0 saturated carbocycles. The van der Waals surface area contributed by atoms with Crippen molar-refractivity contribution in [3.8, 4) is 0 Å². The standard InChI is InChI=1S/C14H6I5NO3/c15-7-1-5(2-8(16)11(7)19)13(21)20-12-9(17)3-6(14(22)23)4-10(12)18/h1-4H,(H,20,21)(H,22,23). The molecule has 0 bridgehead atoms. The van der Waals surface area contributed by atoms with E-state index in [0.29, 0.717) is 18.4 Å². The number of carbonyl (C=O) groups excluding carboxylic acids is 1. The molecule has 0 aliphatic heterocycles. The third-order valence-electron chi connectivity index (χ3n) is 2.77. The monoisotopic (exact) mass is 871 g/mol. The fourth-order valence-corrected chi connectivity index (χ4v) is 5.81. The van der Waals surface area contributed by atoms with Crippen molar-refractivity contribution in [3.63, 3.8) is 0 Å². The lowest BCUT2D eigenvalue weighted by molar-refractivity contribution is 0.0696. The third-order valence-corrected chi connectivity index (χ3v) is 9.40. The van der Waals surface area contributed by atoms with Gasteiger partial charge in [0.15, 0.2) is 0 Å². The number of aromatic carboxylic acids is 1. The number of carbonyl (C=O) groups is 2. The largest absolute Gasteiger partial charge is 0.478 e. The molecular formula is C14H6I5NO3. The Morgan fingerprint density at radius 3 is 1.65 bits per heavy atom. The number of benzene rings is 2. The van der Waals surface area contributed by atoms with Crippen LogP contribution in [0.3, 0.4) is 0 Å². The first-order valence-electron chi connectivity index (χ1n) is 5.89. The molecule has 0 aliphatic rings. The molecule has 23 heavy (non-hydrogen) atoms. The molecule has 120 valence electrons. The van der Waals surface area contributed by atoms with E-state index in [9.17, 15) is 9.59 Å². The van der Waals surface area contributed by atoms with E-state index >= 15 is 0 Å². The molecule has 0 spiro atoms. The number of nitrogens with one attached hydrogen (secondary N) is 1. The van der Waals surface area contributed by atoms with Crippen LogP contribution in [0.4, 0.5) is 5.69 Å². The summed E-state index contributed by atoms with van der Waals surface area (Å²) in [7, 11) is 0. The Labute approximate surface area is 200 Å². The maximum atomic E-state index is 12.5. The molecule has 0 heterocycles. The highest BCUT2D eigenvalue weighted by molar-refractivity contribution is 14.1. The van der Waals surface area contributed by atoms with Gasteiger partial charge in [-0.05, 0) is 137 Å². The van der Waals surface area contributed by atoms with Gasteiger partial charge in [0.25, 0.3) is 5.91 Å². The summed E-state index contributed by atoms with van der Waals surface area (Å²) >= 11 is 10.7. The summed E-state index contributed by atoms with van der Waals surface area (Å²) in [5, 5.41) is 12.0. The topological polar surface area (TPSA) is 66.4 Å². The van der Waals surface area contributed by atoms with Crippen molar-refractivity contribution in [1.82, 2.24) is 0 Å². The normalized spacial score (nSPS) is 10.5. The summed E-state index contributed by atoms with van der Waals surface area (Å²) in [5.74, 6) is -1.20. The van der Waals surface area contributed by atoms with Gasteiger partial charge in [-0.2, -0.15) is 0 Å². The molecule has 9 heteroatoms. The fourth-order valence-electron chi connectivity index (χ4n) is 1.69. The van der Waals surface area contributed by atoms with Gasteiger partial charge in [0, 0.05) is 23.4 Å². The van der Waals surface area contributed by atoms with Gasteiger partial charge >= 0.3 is 5.97 Å². The molecule has 2 aromatic carbocycles. The Bertz CT molecular complexity index is 776. The molecular weight excluding hydrogens is 865 g/mol. The van der Waals surface area contributed by atoms with Crippen LogP contribution >= 0.6 is 113 Å². The molecule has 2 N–H and O–H groups in total. The summed E-state index contributed by atoms with van der Waals surface area (Å²) < 4.78 is 4.54. The van der Waals surface area contributed by atoms with Gasteiger partial charge in [-0.25, -0.2) is 4.79 Å². The fraction of sp³-hybridized carbons (Fsp3) is 0. The van der Waals surface area contributed by atoms with Crippen molar-refractivity contribution in [2.24, 2.45) is 0 Å². The van der Waals surface area contributed by atoms with Crippen LogP contribution in [0, 0.1) is 17.9 Å². The lowest BCUT2D eigenvalue weighted by Gasteiger charge is -2.12. The van der Waals surface area contributed by atoms with Crippen LogP contribution in [-0.2, 0) is 0 Å². The summed E-state index contributed by atoms with van der Waals surface area (Å²) in [4.78, 5) is 23.6. The van der Waals surface area contributed by atoms with E-state index < -0.39 is 5.97 Å². The predicted molar refractivity (Wildman–Crippen MR) is 131 cm³/mol. The van der Waals surface area contributed by atoms with E-state index in [4.69, 9.17) is 5.11 Å². The van der Waals surface area contributed by atoms with E-state index in [-0.39, 0.29) is 11.5 Å². The minimum atomic E-state index is -0.986. The van der Waals surface area contributed by atoms with Gasteiger partial charge in [-0.15, -0.1) is 0 Å². The number of rotatable bonds is 3. The second kappa shape index (κ2) is 8.61. The number of amides is 1. The second-order valence-corrected chi connectivity index (χ2v) is 10.1. The zero-order valence-electron chi connectivity index (χ0n) is 11.0. The SMILES string of the molecule is O=C(O)c1cc(I)c(NC(=O)c2cc(I)c(I)c(I)c2)c(I)c1. The van der Waals surface area contributed by atoms with Crippen molar-refractivity contribution in [1.29, 1.82) is 0 Å². The van der Waals surface area contributed by atoms with Crippen LogP contribution < -0.4 is 5.32 Å². The van der Waals surface area contributed by atoms with Gasteiger partial charge in [0.1, 0.15) is 0 Å².